The Kier molecular flexibility index (Phi) is 6.80. The lowest BCUT2D eigenvalue weighted by Gasteiger charge is -2.25. The number of nitrogens with one attached hydrogen (secondary N) is 1. The van der Waals surface area contributed by atoms with Gasteiger partial charge >= 0.3 is 0 Å². The molecule has 20 heavy (non-hydrogen) atoms. The zero-order valence-electron chi connectivity index (χ0n) is 11.5. The number of carbonyl (C=O) groups is 1. The van der Waals surface area contributed by atoms with Crippen molar-refractivity contribution in [3.8, 4) is 0 Å². The summed E-state index contributed by atoms with van der Waals surface area (Å²) in [6.07, 6.45) is 4.90. The van der Waals surface area contributed by atoms with Gasteiger partial charge in [0.2, 0.25) is 5.91 Å². The van der Waals surface area contributed by atoms with Gasteiger partial charge in [-0.3, -0.25) is 4.79 Å². The van der Waals surface area contributed by atoms with Crippen LogP contribution in [0.3, 0.4) is 0 Å². The van der Waals surface area contributed by atoms with Crippen LogP contribution in [0.1, 0.15) is 31.2 Å². The van der Waals surface area contributed by atoms with E-state index in [0.717, 1.165) is 37.1 Å². The van der Waals surface area contributed by atoms with Gasteiger partial charge in [-0.2, -0.15) is 0 Å². The van der Waals surface area contributed by atoms with E-state index in [-0.39, 0.29) is 23.7 Å². The van der Waals surface area contributed by atoms with Crippen molar-refractivity contribution in [3.63, 3.8) is 0 Å². The average Bonchev–Trinajstić information content (AvgIpc) is 2.91. The molecule has 1 aliphatic carbocycles. The summed E-state index contributed by atoms with van der Waals surface area (Å²) in [4.78, 5) is 12.2. The molecule has 1 aromatic carbocycles. The zero-order chi connectivity index (χ0) is 13.7. The van der Waals surface area contributed by atoms with Gasteiger partial charge in [-0.15, -0.1) is 12.4 Å². The fraction of sp³-hybridized carbons (Fsp3) is 0.533. The number of rotatable bonds is 5. The Morgan fingerprint density at radius 3 is 2.40 bits per heavy atom. The van der Waals surface area contributed by atoms with Crippen molar-refractivity contribution in [1.29, 1.82) is 0 Å². The van der Waals surface area contributed by atoms with E-state index in [1.807, 2.05) is 24.3 Å². The summed E-state index contributed by atoms with van der Waals surface area (Å²) >= 11 is 5.84. The predicted molar refractivity (Wildman–Crippen MR) is 85.4 cm³/mol. The van der Waals surface area contributed by atoms with Gasteiger partial charge in [0, 0.05) is 18.1 Å². The van der Waals surface area contributed by atoms with Crippen molar-refractivity contribution in [2.45, 2.75) is 32.1 Å². The minimum Gasteiger partial charge on any atom is -0.355 e. The van der Waals surface area contributed by atoms with E-state index in [1.165, 1.54) is 5.56 Å². The Labute approximate surface area is 131 Å². The maximum absolute atomic E-state index is 12.2. The Morgan fingerprint density at radius 1 is 1.25 bits per heavy atom. The van der Waals surface area contributed by atoms with Crippen molar-refractivity contribution >= 4 is 29.9 Å². The molecule has 1 saturated carbocycles. The fourth-order valence-corrected chi connectivity index (χ4v) is 2.86. The van der Waals surface area contributed by atoms with E-state index in [2.05, 4.69) is 5.32 Å². The number of halogens is 2. The van der Waals surface area contributed by atoms with Crippen molar-refractivity contribution in [2.24, 2.45) is 11.1 Å². The molecule has 2 rings (SSSR count). The van der Waals surface area contributed by atoms with Gasteiger partial charge in [-0.25, -0.2) is 0 Å². The average molecular weight is 317 g/mol. The third kappa shape index (κ3) is 4.11. The van der Waals surface area contributed by atoms with Crippen LogP contribution in [0.2, 0.25) is 5.02 Å². The summed E-state index contributed by atoms with van der Waals surface area (Å²) in [5.41, 5.74) is 6.67. The van der Waals surface area contributed by atoms with Gasteiger partial charge < -0.3 is 11.1 Å². The van der Waals surface area contributed by atoms with Crippen LogP contribution in [0.25, 0.3) is 0 Å². The maximum Gasteiger partial charge on any atom is 0.227 e. The molecule has 112 valence electrons. The highest BCUT2D eigenvalue weighted by Crippen LogP contribution is 2.37. The monoisotopic (exact) mass is 316 g/mol. The molecule has 0 saturated heterocycles. The molecule has 1 aliphatic rings. The summed E-state index contributed by atoms with van der Waals surface area (Å²) in [5, 5.41) is 3.76. The van der Waals surface area contributed by atoms with Crippen molar-refractivity contribution in [3.05, 3.63) is 34.9 Å². The summed E-state index contributed by atoms with van der Waals surface area (Å²) in [6, 6.07) is 7.72. The first kappa shape index (κ1) is 17.3. The third-order valence-corrected chi connectivity index (χ3v) is 4.30. The first-order valence-corrected chi connectivity index (χ1v) is 7.27. The van der Waals surface area contributed by atoms with E-state index < -0.39 is 0 Å². The largest absolute Gasteiger partial charge is 0.355 e. The SMILES string of the molecule is Cl.NCC1(C(=O)NCCc2ccc(Cl)cc2)CCCC1. The fourth-order valence-electron chi connectivity index (χ4n) is 2.73. The number of benzene rings is 1. The topological polar surface area (TPSA) is 55.1 Å². The lowest BCUT2D eigenvalue weighted by atomic mass is 9.85. The standard InChI is InChI=1S/C15H21ClN2O.ClH/c16-13-5-3-12(4-6-13)7-10-18-14(19)15(11-17)8-1-2-9-15;/h3-6H,1-2,7-11,17H2,(H,18,19);1H. The van der Waals surface area contributed by atoms with Gasteiger partial charge in [0.25, 0.3) is 0 Å². The molecule has 5 heteroatoms. The molecule has 0 atom stereocenters. The van der Waals surface area contributed by atoms with Gasteiger partial charge in [-0.05, 0) is 37.0 Å². The first-order chi connectivity index (χ1) is 9.16. The highest BCUT2D eigenvalue weighted by molar-refractivity contribution is 6.30. The lowest BCUT2D eigenvalue weighted by molar-refractivity contribution is -0.130. The quantitative estimate of drug-likeness (QED) is 0.877. The molecule has 0 unspecified atom stereocenters. The molecular formula is C15H22Cl2N2O. The summed E-state index contributed by atoms with van der Waals surface area (Å²) in [7, 11) is 0. The molecule has 0 heterocycles. The Bertz CT molecular complexity index is 428. The molecule has 0 aromatic heterocycles. The molecule has 1 amide bonds. The van der Waals surface area contributed by atoms with Crippen LogP contribution in [0.4, 0.5) is 0 Å². The number of carbonyl (C=O) groups excluding carboxylic acids is 1. The highest BCUT2D eigenvalue weighted by Gasteiger charge is 2.39. The molecular weight excluding hydrogens is 295 g/mol. The van der Waals surface area contributed by atoms with E-state index >= 15 is 0 Å². The second-order valence-electron chi connectivity index (χ2n) is 5.32. The summed E-state index contributed by atoms with van der Waals surface area (Å²) < 4.78 is 0. The summed E-state index contributed by atoms with van der Waals surface area (Å²) in [6.45, 7) is 1.11. The third-order valence-electron chi connectivity index (χ3n) is 4.05. The number of nitrogens with two attached hydrogens (primary N) is 1. The maximum atomic E-state index is 12.2. The van der Waals surface area contributed by atoms with E-state index in [1.54, 1.807) is 0 Å². The minimum atomic E-state index is -0.306. The van der Waals surface area contributed by atoms with E-state index in [0.29, 0.717) is 13.1 Å². The Hall–Kier alpha value is -0.770. The molecule has 0 spiro atoms. The van der Waals surface area contributed by atoms with Gasteiger partial charge in [0.1, 0.15) is 0 Å². The molecule has 3 nitrogen and oxygen atoms in total. The lowest BCUT2D eigenvalue weighted by Crippen LogP contribution is -2.44. The predicted octanol–water partition coefficient (Wildman–Crippen LogP) is 2.94. The van der Waals surface area contributed by atoms with Crippen molar-refractivity contribution in [1.82, 2.24) is 5.32 Å². The molecule has 3 N–H and O–H groups in total. The number of hydrogen-bond acceptors (Lipinski definition) is 2. The first-order valence-electron chi connectivity index (χ1n) is 6.89. The molecule has 1 fully saturated rings. The molecule has 0 aliphatic heterocycles. The summed E-state index contributed by atoms with van der Waals surface area (Å²) in [5.74, 6) is 0.126. The van der Waals surface area contributed by atoms with Crippen LogP contribution in [0, 0.1) is 5.41 Å². The van der Waals surface area contributed by atoms with Crippen molar-refractivity contribution in [2.75, 3.05) is 13.1 Å². The smallest absolute Gasteiger partial charge is 0.227 e. The minimum absolute atomic E-state index is 0. The highest BCUT2D eigenvalue weighted by atomic mass is 35.5. The van der Waals surface area contributed by atoms with Gasteiger partial charge in [-0.1, -0.05) is 36.6 Å². The van der Waals surface area contributed by atoms with Gasteiger partial charge in [0.15, 0.2) is 0 Å². The van der Waals surface area contributed by atoms with Crippen LogP contribution in [0.15, 0.2) is 24.3 Å². The second-order valence-corrected chi connectivity index (χ2v) is 5.76. The van der Waals surface area contributed by atoms with Crippen molar-refractivity contribution < 1.29 is 4.79 Å². The number of amides is 1. The molecule has 1 aromatic rings. The van der Waals surface area contributed by atoms with Crippen LogP contribution in [-0.2, 0) is 11.2 Å². The van der Waals surface area contributed by atoms with Gasteiger partial charge in [0.05, 0.1) is 5.41 Å². The Morgan fingerprint density at radius 2 is 1.85 bits per heavy atom. The second kappa shape index (κ2) is 7.87. The zero-order valence-corrected chi connectivity index (χ0v) is 13.1. The molecule has 0 radical (unpaired) electrons. The van der Waals surface area contributed by atoms with Crippen LogP contribution < -0.4 is 11.1 Å². The molecule has 0 bridgehead atoms. The normalized spacial score (nSPS) is 16.5. The number of hydrogen-bond donors (Lipinski definition) is 2. The van der Waals surface area contributed by atoms with Crippen LogP contribution in [-0.4, -0.2) is 19.0 Å². The van der Waals surface area contributed by atoms with Crippen LogP contribution in [0.5, 0.6) is 0 Å². The Balaban J connectivity index is 0.00000200. The van der Waals surface area contributed by atoms with Crippen LogP contribution >= 0.6 is 24.0 Å². The van der Waals surface area contributed by atoms with E-state index in [9.17, 15) is 4.79 Å². The van der Waals surface area contributed by atoms with E-state index in [4.69, 9.17) is 17.3 Å².